The third-order valence-corrected chi connectivity index (χ3v) is 4.20. The Balaban J connectivity index is 2.50. The molecular weight excluding hydrogens is 350 g/mol. The molecule has 0 saturated heterocycles. The van der Waals surface area contributed by atoms with Crippen LogP contribution in [0.15, 0.2) is 35.3 Å². The number of aliphatic hydroxyl groups is 1. The van der Waals surface area contributed by atoms with Crippen molar-refractivity contribution in [1.29, 1.82) is 0 Å². The minimum Gasteiger partial charge on any atom is -0.392 e. The Labute approximate surface area is 155 Å². The van der Waals surface area contributed by atoms with E-state index in [0.29, 0.717) is 31.2 Å². The molecule has 8 nitrogen and oxygen atoms in total. The van der Waals surface area contributed by atoms with Crippen LogP contribution in [0.2, 0.25) is 0 Å². The molecule has 27 heavy (non-hydrogen) atoms. The predicted molar refractivity (Wildman–Crippen MR) is 98.7 cm³/mol. The molecular formula is C19H21N3O5. The van der Waals surface area contributed by atoms with E-state index in [-0.39, 0.29) is 24.3 Å². The fourth-order valence-electron chi connectivity index (χ4n) is 2.88. The molecule has 1 heterocycles. The summed E-state index contributed by atoms with van der Waals surface area (Å²) in [6.07, 6.45) is 3.02. The lowest BCUT2D eigenvalue weighted by Gasteiger charge is -2.16. The highest BCUT2D eigenvalue weighted by Gasteiger charge is 2.15. The Morgan fingerprint density at radius 3 is 2.63 bits per heavy atom. The number of rotatable bonds is 9. The molecule has 0 fully saturated rings. The maximum absolute atomic E-state index is 12.6. The second-order valence-electron chi connectivity index (χ2n) is 5.85. The summed E-state index contributed by atoms with van der Waals surface area (Å²) >= 11 is 0. The number of hydrogen-bond donors (Lipinski definition) is 3. The largest absolute Gasteiger partial charge is 0.392 e. The highest BCUT2D eigenvalue weighted by atomic mass is 16.3. The number of aliphatic hydroxyl groups excluding tert-OH is 1. The van der Waals surface area contributed by atoms with Crippen LogP contribution >= 0.6 is 0 Å². The molecule has 8 heteroatoms. The van der Waals surface area contributed by atoms with Gasteiger partial charge in [0.25, 0.3) is 11.5 Å². The van der Waals surface area contributed by atoms with Crippen LogP contribution in [-0.4, -0.2) is 41.9 Å². The van der Waals surface area contributed by atoms with Gasteiger partial charge in [-0.15, -0.1) is 0 Å². The Morgan fingerprint density at radius 1 is 1.26 bits per heavy atom. The van der Waals surface area contributed by atoms with Crippen molar-refractivity contribution in [1.82, 2.24) is 15.2 Å². The van der Waals surface area contributed by atoms with E-state index in [9.17, 15) is 24.3 Å². The van der Waals surface area contributed by atoms with Gasteiger partial charge >= 0.3 is 0 Å². The second-order valence-corrected chi connectivity index (χ2v) is 5.85. The first-order valence-electron chi connectivity index (χ1n) is 8.35. The van der Waals surface area contributed by atoms with E-state index in [1.54, 1.807) is 18.2 Å². The van der Waals surface area contributed by atoms with Crippen molar-refractivity contribution in [3.05, 3.63) is 68.6 Å². The van der Waals surface area contributed by atoms with Gasteiger partial charge in [0.05, 0.1) is 13.2 Å². The topological polar surface area (TPSA) is 118 Å². The molecule has 0 atom stereocenters. The SMILES string of the molecule is CNC(=O)c1cc(C=O)cn(Cc2cccc(CO)c2CCNC=O)c1=O. The molecule has 0 aliphatic rings. The Hall–Kier alpha value is -3.26. The third-order valence-electron chi connectivity index (χ3n) is 4.20. The summed E-state index contributed by atoms with van der Waals surface area (Å²) in [5.41, 5.74) is 1.81. The molecule has 0 spiro atoms. The number of pyridine rings is 1. The number of amides is 2. The lowest BCUT2D eigenvalue weighted by atomic mass is 9.98. The first-order chi connectivity index (χ1) is 13.0. The van der Waals surface area contributed by atoms with Crippen molar-refractivity contribution in [3.8, 4) is 0 Å². The summed E-state index contributed by atoms with van der Waals surface area (Å²) in [7, 11) is 1.41. The molecule has 0 bridgehead atoms. The molecule has 0 aliphatic heterocycles. The smallest absolute Gasteiger partial charge is 0.263 e. The summed E-state index contributed by atoms with van der Waals surface area (Å²) in [4.78, 5) is 46.3. The fraction of sp³-hybridized carbons (Fsp3) is 0.263. The maximum Gasteiger partial charge on any atom is 0.263 e. The predicted octanol–water partition coefficient (Wildman–Crippen LogP) is -0.150. The number of carbonyl (C=O) groups is 3. The summed E-state index contributed by atoms with van der Waals surface area (Å²) in [6, 6.07) is 6.57. The van der Waals surface area contributed by atoms with Crippen LogP contribution < -0.4 is 16.2 Å². The summed E-state index contributed by atoms with van der Waals surface area (Å²) in [6.45, 7) is 0.312. The van der Waals surface area contributed by atoms with Gasteiger partial charge in [-0.1, -0.05) is 18.2 Å². The van der Waals surface area contributed by atoms with Gasteiger partial charge in [-0.25, -0.2) is 0 Å². The second kappa shape index (κ2) is 9.44. The maximum atomic E-state index is 12.6. The molecule has 1 aromatic carbocycles. The average molecular weight is 371 g/mol. The zero-order valence-corrected chi connectivity index (χ0v) is 14.9. The van der Waals surface area contributed by atoms with E-state index in [1.165, 1.54) is 23.9 Å². The van der Waals surface area contributed by atoms with Crippen molar-refractivity contribution in [2.24, 2.45) is 0 Å². The summed E-state index contributed by atoms with van der Waals surface area (Å²) in [5.74, 6) is -0.572. The number of aromatic nitrogens is 1. The Morgan fingerprint density at radius 2 is 2.00 bits per heavy atom. The number of benzene rings is 1. The number of carbonyl (C=O) groups excluding carboxylic acids is 3. The Bertz CT molecular complexity index is 905. The lowest BCUT2D eigenvalue weighted by Crippen LogP contribution is -2.32. The van der Waals surface area contributed by atoms with E-state index in [2.05, 4.69) is 10.6 Å². The van der Waals surface area contributed by atoms with Crippen molar-refractivity contribution in [2.75, 3.05) is 13.6 Å². The number of nitrogens with zero attached hydrogens (tertiary/aromatic N) is 1. The molecule has 2 rings (SSSR count). The van der Waals surface area contributed by atoms with Crippen LogP contribution in [0.25, 0.3) is 0 Å². The highest BCUT2D eigenvalue weighted by Crippen LogP contribution is 2.17. The van der Waals surface area contributed by atoms with Crippen LogP contribution in [0.4, 0.5) is 0 Å². The molecule has 2 amide bonds. The van der Waals surface area contributed by atoms with Gasteiger partial charge in [-0.05, 0) is 29.2 Å². The fourth-order valence-corrected chi connectivity index (χ4v) is 2.88. The number of nitrogens with one attached hydrogen (secondary N) is 2. The third kappa shape index (κ3) is 4.68. The minimum absolute atomic E-state index is 0.120. The van der Waals surface area contributed by atoms with Gasteiger partial charge in [-0.2, -0.15) is 0 Å². The van der Waals surface area contributed by atoms with E-state index >= 15 is 0 Å². The zero-order valence-electron chi connectivity index (χ0n) is 14.9. The first-order valence-corrected chi connectivity index (χ1v) is 8.35. The van der Waals surface area contributed by atoms with Crippen molar-refractivity contribution >= 4 is 18.6 Å². The molecule has 1 aromatic heterocycles. The monoisotopic (exact) mass is 371 g/mol. The first kappa shape index (κ1) is 20.1. The molecule has 0 unspecified atom stereocenters. The van der Waals surface area contributed by atoms with Gasteiger partial charge in [0.1, 0.15) is 5.56 Å². The van der Waals surface area contributed by atoms with Crippen LogP contribution in [-0.2, 0) is 24.4 Å². The standard InChI is InChI=1S/C19H21N3O5/c1-20-18(26)17-7-13(10-23)8-22(19(17)27)9-14-3-2-4-15(11-24)16(14)5-6-21-12-25/h2-4,7-8,10,12,24H,5-6,9,11H2,1H3,(H,20,26)(H,21,25). The summed E-state index contributed by atoms with van der Waals surface area (Å²) in [5, 5.41) is 14.5. The van der Waals surface area contributed by atoms with Gasteiger partial charge in [-0.3, -0.25) is 19.2 Å². The average Bonchev–Trinajstić information content (AvgIpc) is 2.69. The van der Waals surface area contributed by atoms with Gasteiger partial charge < -0.3 is 20.3 Å². The van der Waals surface area contributed by atoms with Crippen LogP contribution in [0.1, 0.15) is 37.4 Å². The highest BCUT2D eigenvalue weighted by molar-refractivity contribution is 5.95. The van der Waals surface area contributed by atoms with E-state index < -0.39 is 11.5 Å². The Kier molecular flexibility index (Phi) is 7.01. The molecule has 142 valence electrons. The van der Waals surface area contributed by atoms with E-state index in [4.69, 9.17) is 0 Å². The van der Waals surface area contributed by atoms with Crippen molar-refractivity contribution in [2.45, 2.75) is 19.6 Å². The van der Waals surface area contributed by atoms with Crippen LogP contribution in [0.3, 0.4) is 0 Å². The molecule has 2 aromatic rings. The number of hydrogen-bond acceptors (Lipinski definition) is 5. The summed E-state index contributed by atoms with van der Waals surface area (Å²) < 4.78 is 1.29. The normalized spacial score (nSPS) is 10.3. The zero-order chi connectivity index (χ0) is 19.8. The molecule has 0 aliphatic carbocycles. The van der Waals surface area contributed by atoms with Crippen molar-refractivity contribution in [3.63, 3.8) is 0 Å². The molecule has 0 radical (unpaired) electrons. The number of aldehydes is 1. The van der Waals surface area contributed by atoms with Crippen molar-refractivity contribution < 1.29 is 19.5 Å². The van der Waals surface area contributed by atoms with Gasteiger partial charge in [0.2, 0.25) is 6.41 Å². The van der Waals surface area contributed by atoms with Crippen LogP contribution in [0.5, 0.6) is 0 Å². The van der Waals surface area contributed by atoms with Gasteiger partial charge in [0, 0.05) is 25.4 Å². The van der Waals surface area contributed by atoms with Gasteiger partial charge in [0.15, 0.2) is 6.29 Å². The van der Waals surface area contributed by atoms with E-state index in [1.807, 2.05) is 0 Å². The quantitative estimate of drug-likeness (QED) is 0.419. The molecule has 3 N–H and O–H groups in total. The lowest BCUT2D eigenvalue weighted by molar-refractivity contribution is -0.109. The minimum atomic E-state index is -0.572. The van der Waals surface area contributed by atoms with Crippen LogP contribution in [0, 0.1) is 0 Å². The molecule has 0 saturated carbocycles. The van der Waals surface area contributed by atoms with E-state index in [0.717, 1.165) is 11.1 Å².